The van der Waals surface area contributed by atoms with E-state index in [2.05, 4.69) is 27.7 Å². The van der Waals surface area contributed by atoms with Crippen molar-refractivity contribution in [2.45, 2.75) is 54.9 Å². The van der Waals surface area contributed by atoms with Crippen LogP contribution in [-0.4, -0.2) is 12.6 Å². The quantitative estimate of drug-likeness (QED) is 0.668. The van der Waals surface area contributed by atoms with Gasteiger partial charge in [0.15, 0.2) is 0 Å². The van der Waals surface area contributed by atoms with Crippen LogP contribution in [0.4, 0.5) is 0 Å². The van der Waals surface area contributed by atoms with Gasteiger partial charge in [0.25, 0.3) is 0 Å². The zero-order valence-electron chi connectivity index (χ0n) is 11.3. The average Bonchev–Trinajstić information content (AvgIpc) is 2.11. The summed E-state index contributed by atoms with van der Waals surface area (Å²) in [7, 11) is 0. The van der Waals surface area contributed by atoms with Gasteiger partial charge in [-0.3, -0.25) is 4.79 Å². The first-order chi connectivity index (χ1) is 6.61. The van der Waals surface area contributed by atoms with Crippen molar-refractivity contribution in [3.63, 3.8) is 0 Å². The van der Waals surface area contributed by atoms with Crippen LogP contribution < -0.4 is 0 Å². The van der Waals surface area contributed by atoms with Gasteiger partial charge in [0, 0.05) is 0 Å². The smallest absolute Gasteiger partial charge is 0.311 e. The van der Waals surface area contributed by atoms with E-state index in [0.29, 0.717) is 12.5 Å². The lowest BCUT2D eigenvalue weighted by Gasteiger charge is -2.31. The second kappa shape index (κ2) is 5.00. The minimum absolute atomic E-state index is 0.110. The summed E-state index contributed by atoms with van der Waals surface area (Å²) in [4.78, 5) is 11.6. The van der Waals surface area contributed by atoms with E-state index in [-0.39, 0.29) is 11.4 Å². The summed E-state index contributed by atoms with van der Waals surface area (Å²) in [6, 6.07) is 0. The third-order valence-corrected chi connectivity index (χ3v) is 3.32. The van der Waals surface area contributed by atoms with Crippen molar-refractivity contribution in [2.24, 2.45) is 16.7 Å². The number of carbonyl (C=O) groups is 1. The van der Waals surface area contributed by atoms with Crippen molar-refractivity contribution >= 4 is 5.97 Å². The lowest BCUT2D eigenvalue weighted by atomic mass is 9.78. The van der Waals surface area contributed by atoms with Gasteiger partial charge in [-0.1, -0.05) is 34.1 Å². The predicted molar refractivity (Wildman–Crippen MR) is 63.7 cm³/mol. The van der Waals surface area contributed by atoms with E-state index in [1.165, 1.54) is 0 Å². The third-order valence-electron chi connectivity index (χ3n) is 3.32. The molecule has 0 saturated carbocycles. The predicted octanol–water partition coefficient (Wildman–Crippen LogP) is 3.65. The van der Waals surface area contributed by atoms with E-state index in [1.54, 1.807) is 0 Å². The SMILES string of the molecule is CCC(C)(C)C(C)COC(=O)C(C)(C)C. The normalized spacial score (nSPS) is 14.9. The molecule has 0 bridgehead atoms. The Morgan fingerprint density at radius 2 is 1.67 bits per heavy atom. The van der Waals surface area contributed by atoms with Crippen molar-refractivity contribution < 1.29 is 9.53 Å². The first-order valence-electron chi connectivity index (χ1n) is 5.78. The summed E-state index contributed by atoms with van der Waals surface area (Å²) in [6.07, 6.45) is 1.10. The van der Waals surface area contributed by atoms with Crippen molar-refractivity contribution in [3.8, 4) is 0 Å². The molecule has 0 aliphatic rings. The van der Waals surface area contributed by atoms with Crippen molar-refractivity contribution in [3.05, 3.63) is 0 Å². The molecule has 1 atom stereocenters. The molecule has 90 valence electrons. The van der Waals surface area contributed by atoms with Crippen LogP contribution in [0.15, 0.2) is 0 Å². The van der Waals surface area contributed by atoms with Crippen molar-refractivity contribution in [2.75, 3.05) is 6.61 Å². The number of carbonyl (C=O) groups excluding carboxylic acids is 1. The Morgan fingerprint density at radius 3 is 2.00 bits per heavy atom. The number of esters is 1. The summed E-state index contributed by atoms with van der Waals surface area (Å²) < 4.78 is 5.32. The number of hydrogen-bond acceptors (Lipinski definition) is 2. The summed E-state index contributed by atoms with van der Waals surface area (Å²) in [5.74, 6) is 0.287. The van der Waals surface area contributed by atoms with E-state index in [4.69, 9.17) is 4.74 Å². The van der Waals surface area contributed by atoms with Crippen LogP contribution in [0.25, 0.3) is 0 Å². The minimum Gasteiger partial charge on any atom is -0.465 e. The molecule has 0 aromatic heterocycles. The Labute approximate surface area is 94.4 Å². The zero-order valence-corrected chi connectivity index (χ0v) is 11.3. The second-order valence-electron chi connectivity index (χ2n) is 6.09. The molecule has 0 aliphatic heterocycles. The first kappa shape index (κ1) is 14.5. The number of ether oxygens (including phenoxy) is 1. The van der Waals surface area contributed by atoms with Gasteiger partial charge in [-0.2, -0.15) is 0 Å². The first-order valence-corrected chi connectivity index (χ1v) is 5.78. The Kier molecular flexibility index (Phi) is 4.82. The summed E-state index contributed by atoms with van der Waals surface area (Å²) >= 11 is 0. The Bertz CT molecular complexity index is 211. The van der Waals surface area contributed by atoms with Gasteiger partial charge in [0.05, 0.1) is 12.0 Å². The van der Waals surface area contributed by atoms with Gasteiger partial charge in [0.2, 0.25) is 0 Å². The highest BCUT2D eigenvalue weighted by Crippen LogP contribution is 2.30. The maximum Gasteiger partial charge on any atom is 0.311 e. The molecular weight excluding hydrogens is 188 g/mol. The monoisotopic (exact) mass is 214 g/mol. The Morgan fingerprint density at radius 1 is 1.20 bits per heavy atom. The van der Waals surface area contributed by atoms with Crippen molar-refractivity contribution in [1.29, 1.82) is 0 Å². The highest BCUT2D eigenvalue weighted by molar-refractivity contribution is 5.75. The molecule has 0 rings (SSSR count). The molecule has 0 heterocycles. The summed E-state index contributed by atoms with van der Waals surface area (Å²) in [5, 5.41) is 0. The maximum atomic E-state index is 11.6. The molecular formula is C13H26O2. The van der Waals surface area contributed by atoms with Crippen LogP contribution in [0, 0.1) is 16.7 Å². The van der Waals surface area contributed by atoms with Crippen LogP contribution in [0.2, 0.25) is 0 Å². The van der Waals surface area contributed by atoms with E-state index < -0.39 is 5.41 Å². The highest BCUT2D eigenvalue weighted by Gasteiger charge is 2.28. The minimum atomic E-state index is -0.393. The fraction of sp³-hybridized carbons (Fsp3) is 0.923. The van der Waals surface area contributed by atoms with Gasteiger partial charge in [-0.25, -0.2) is 0 Å². The molecule has 2 nitrogen and oxygen atoms in total. The maximum absolute atomic E-state index is 11.6. The van der Waals surface area contributed by atoms with E-state index >= 15 is 0 Å². The summed E-state index contributed by atoms with van der Waals surface area (Å²) in [5.41, 5.74) is -0.158. The molecule has 1 unspecified atom stereocenters. The van der Waals surface area contributed by atoms with Gasteiger partial charge in [0.1, 0.15) is 0 Å². The largest absolute Gasteiger partial charge is 0.465 e. The Hall–Kier alpha value is -0.530. The molecule has 15 heavy (non-hydrogen) atoms. The zero-order chi connectivity index (χ0) is 12.3. The molecule has 0 N–H and O–H groups in total. The van der Waals surface area contributed by atoms with Gasteiger partial charge in [-0.15, -0.1) is 0 Å². The van der Waals surface area contributed by atoms with Gasteiger partial charge in [-0.05, 0) is 32.1 Å². The summed E-state index contributed by atoms with van der Waals surface area (Å²) in [6.45, 7) is 14.9. The van der Waals surface area contributed by atoms with Crippen LogP contribution in [0.3, 0.4) is 0 Å². The molecule has 0 aromatic carbocycles. The highest BCUT2D eigenvalue weighted by atomic mass is 16.5. The van der Waals surface area contributed by atoms with E-state index in [0.717, 1.165) is 6.42 Å². The number of hydrogen-bond donors (Lipinski definition) is 0. The molecule has 0 fully saturated rings. The molecule has 0 radical (unpaired) electrons. The molecule has 0 aliphatic carbocycles. The molecule has 0 spiro atoms. The lowest BCUT2D eigenvalue weighted by molar-refractivity contribution is -0.155. The molecule has 0 saturated heterocycles. The van der Waals surface area contributed by atoms with Crippen LogP contribution in [0.1, 0.15) is 54.9 Å². The molecule has 0 amide bonds. The Balaban J connectivity index is 4.13. The van der Waals surface area contributed by atoms with Crippen LogP contribution >= 0.6 is 0 Å². The molecule has 2 heteroatoms. The topological polar surface area (TPSA) is 26.3 Å². The fourth-order valence-corrected chi connectivity index (χ4v) is 0.991. The fourth-order valence-electron chi connectivity index (χ4n) is 0.991. The van der Waals surface area contributed by atoms with Crippen molar-refractivity contribution in [1.82, 2.24) is 0 Å². The molecule has 0 aromatic rings. The third kappa shape index (κ3) is 4.67. The van der Waals surface area contributed by atoms with E-state index in [1.807, 2.05) is 20.8 Å². The number of rotatable bonds is 4. The average molecular weight is 214 g/mol. The second-order valence-corrected chi connectivity index (χ2v) is 6.09. The lowest BCUT2D eigenvalue weighted by Crippen LogP contribution is -2.30. The van der Waals surface area contributed by atoms with Crippen LogP contribution in [0.5, 0.6) is 0 Å². The van der Waals surface area contributed by atoms with Gasteiger partial charge >= 0.3 is 5.97 Å². The van der Waals surface area contributed by atoms with E-state index in [9.17, 15) is 4.79 Å². The van der Waals surface area contributed by atoms with Crippen LogP contribution in [-0.2, 0) is 9.53 Å². The standard InChI is InChI=1S/C13H26O2/c1-8-13(6,7)10(2)9-15-11(14)12(3,4)5/h10H,8-9H2,1-7H3. The van der Waals surface area contributed by atoms with Gasteiger partial charge < -0.3 is 4.74 Å².